The SMILES string of the molecule is CCOc1ccc(CN2[C@H]3CC[C@H]2c2cccnc2C3)cc1OC. The fourth-order valence-corrected chi connectivity index (χ4v) is 4.17. The number of benzene rings is 1. The quantitative estimate of drug-likeness (QED) is 0.839. The van der Waals surface area contributed by atoms with Gasteiger partial charge in [-0.15, -0.1) is 0 Å². The van der Waals surface area contributed by atoms with Gasteiger partial charge in [0.15, 0.2) is 11.5 Å². The second kappa shape index (κ2) is 6.44. The van der Waals surface area contributed by atoms with Crippen molar-refractivity contribution in [2.75, 3.05) is 13.7 Å². The highest BCUT2D eigenvalue weighted by Crippen LogP contribution is 2.44. The van der Waals surface area contributed by atoms with E-state index in [0.717, 1.165) is 24.5 Å². The molecule has 2 aliphatic rings. The Morgan fingerprint density at radius 1 is 1.21 bits per heavy atom. The Kier molecular flexibility index (Phi) is 4.15. The normalized spacial score (nSPS) is 22.2. The van der Waals surface area contributed by atoms with E-state index in [0.29, 0.717) is 18.7 Å². The van der Waals surface area contributed by atoms with E-state index in [2.05, 4.69) is 34.1 Å². The number of nitrogens with zero attached hydrogens (tertiary/aromatic N) is 2. The summed E-state index contributed by atoms with van der Waals surface area (Å²) in [7, 11) is 1.70. The molecule has 4 nitrogen and oxygen atoms in total. The molecule has 24 heavy (non-hydrogen) atoms. The van der Waals surface area contributed by atoms with Crippen molar-refractivity contribution in [3.05, 3.63) is 53.3 Å². The van der Waals surface area contributed by atoms with Crippen LogP contribution in [0.3, 0.4) is 0 Å². The average molecular weight is 324 g/mol. The molecule has 4 heteroatoms. The van der Waals surface area contributed by atoms with Crippen LogP contribution in [-0.4, -0.2) is 29.6 Å². The average Bonchev–Trinajstić information content (AvgIpc) is 2.88. The summed E-state index contributed by atoms with van der Waals surface area (Å²) < 4.78 is 11.1. The summed E-state index contributed by atoms with van der Waals surface area (Å²) in [5.74, 6) is 1.64. The van der Waals surface area contributed by atoms with Crippen molar-refractivity contribution in [1.82, 2.24) is 9.88 Å². The fraction of sp³-hybridized carbons (Fsp3) is 0.450. The lowest BCUT2D eigenvalue weighted by molar-refractivity contribution is 0.166. The van der Waals surface area contributed by atoms with Crippen LogP contribution in [0.25, 0.3) is 0 Å². The number of fused-ring (bicyclic) bond motifs is 4. The van der Waals surface area contributed by atoms with Gasteiger partial charge >= 0.3 is 0 Å². The van der Waals surface area contributed by atoms with Gasteiger partial charge in [0.05, 0.1) is 13.7 Å². The Labute approximate surface area is 143 Å². The van der Waals surface area contributed by atoms with E-state index in [1.807, 2.05) is 19.2 Å². The molecular weight excluding hydrogens is 300 g/mol. The first-order valence-corrected chi connectivity index (χ1v) is 8.79. The number of hydrogen-bond acceptors (Lipinski definition) is 4. The third kappa shape index (κ3) is 2.65. The Morgan fingerprint density at radius 3 is 2.96 bits per heavy atom. The molecular formula is C20H24N2O2. The van der Waals surface area contributed by atoms with Gasteiger partial charge in [-0.3, -0.25) is 9.88 Å². The molecule has 1 aromatic heterocycles. The van der Waals surface area contributed by atoms with Crippen LogP contribution in [0, 0.1) is 0 Å². The minimum Gasteiger partial charge on any atom is -0.493 e. The highest BCUT2D eigenvalue weighted by Gasteiger charge is 2.40. The number of rotatable bonds is 5. The summed E-state index contributed by atoms with van der Waals surface area (Å²) >= 11 is 0. The number of pyridine rings is 1. The van der Waals surface area contributed by atoms with Gasteiger partial charge in [0.1, 0.15) is 0 Å². The van der Waals surface area contributed by atoms with E-state index in [9.17, 15) is 0 Å². The Balaban J connectivity index is 1.58. The van der Waals surface area contributed by atoms with Gasteiger partial charge in [-0.25, -0.2) is 0 Å². The first-order chi connectivity index (χ1) is 11.8. The molecule has 2 aromatic rings. The Hall–Kier alpha value is -2.07. The molecule has 2 aliphatic heterocycles. The van der Waals surface area contributed by atoms with E-state index >= 15 is 0 Å². The van der Waals surface area contributed by atoms with Crippen molar-refractivity contribution < 1.29 is 9.47 Å². The van der Waals surface area contributed by atoms with Gasteiger partial charge in [0.2, 0.25) is 0 Å². The van der Waals surface area contributed by atoms with E-state index in [4.69, 9.17) is 9.47 Å². The molecule has 4 rings (SSSR count). The molecule has 2 atom stereocenters. The number of methoxy groups -OCH3 is 1. The largest absolute Gasteiger partial charge is 0.493 e. The van der Waals surface area contributed by atoms with E-state index in [1.165, 1.54) is 29.7 Å². The van der Waals surface area contributed by atoms with E-state index in [1.54, 1.807) is 7.11 Å². The highest BCUT2D eigenvalue weighted by molar-refractivity contribution is 5.43. The minimum absolute atomic E-state index is 0.505. The van der Waals surface area contributed by atoms with Crippen LogP contribution in [0.2, 0.25) is 0 Å². The van der Waals surface area contributed by atoms with Crippen molar-refractivity contribution in [1.29, 1.82) is 0 Å². The van der Waals surface area contributed by atoms with Crippen LogP contribution in [0.5, 0.6) is 11.5 Å². The zero-order valence-electron chi connectivity index (χ0n) is 14.4. The van der Waals surface area contributed by atoms with Gasteiger partial charge in [-0.05, 0) is 49.1 Å². The molecule has 0 amide bonds. The van der Waals surface area contributed by atoms with Crippen molar-refractivity contribution in [3.8, 4) is 11.5 Å². The summed E-state index contributed by atoms with van der Waals surface area (Å²) in [6.45, 7) is 3.59. The van der Waals surface area contributed by atoms with Gasteiger partial charge < -0.3 is 9.47 Å². The zero-order valence-corrected chi connectivity index (χ0v) is 14.4. The molecule has 0 aliphatic carbocycles. The molecule has 126 valence electrons. The Morgan fingerprint density at radius 2 is 2.12 bits per heavy atom. The lowest BCUT2D eigenvalue weighted by Gasteiger charge is -2.35. The van der Waals surface area contributed by atoms with Crippen molar-refractivity contribution in [3.63, 3.8) is 0 Å². The third-order valence-corrected chi connectivity index (χ3v) is 5.25. The number of hydrogen-bond donors (Lipinski definition) is 0. The monoisotopic (exact) mass is 324 g/mol. The van der Waals surface area contributed by atoms with Gasteiger partial charge in [0, 0.05) is 36.9 Å². The third-order valence-electron chi connectivity index (χ3n) is 5.25. The van der Waals surface area contributed by atoms with Gasteiger partial charge in [-0.1, -0.05) is 12.1 Å². The maximum atomic E-state index is 5.63. The molecule has 0 unspecified atom stereocenters. The van der Waals surface area contributed by atoms with Crippen molar-refractivity contribution in [2.45, 2.75) is 44.8 Å². The highest BCUT2D eigenvalue weighted by atomic mass is 16.5. The lowest BCUT2D eigenvalue weighted by Crippen LogP contribution is -2.37. The number of ether oxygens (including phenoxy) is 2. The lowest BCUT2D eigenvalue weighted by atomic mass is 9.97. The summed E-state index contributed by atoms with van der Waals surface area (Å²) in [5, 5.41) is 0. The van der Waals surface area contributed by atoms with Crippen molar-refractivity contribution >= 4 is 0 Å². The summed E-state index contributed by atoms with van der Waals surface area (Å²) in [4.78, 5) is 7.24. The summed E-state index contributed by atoms with van der Waals surface area (Å²) in [6.07, 6.45) is 5.48. The van der Waals surface area contributed by atoms with Crippen LogP contribution < -0.4 is 9.47 Å². The smallest absolute Gasteiger partial charge is 0.161 e. The first kappa shape index (κ1) is 15.5. The van der Waals surface area contributed by atoms with Crippen LogP contribution in [0.1, 0.15) is 42.6 Å². The molecule has 1 saturated heterocycles. The second-order valence-electron chi connectivity index (χ2n) is 6.58. The predicted molar refractivity (Wildman–Crippen MR) is 93.4 cm³/mol. The van der Waals surface area contributed by atoms with Gasteiger partial charge in [0.25, 0.3) is 0 Å². The Bertz CT molecular complexity index is 731. The van der Waals surface area contributed by atoms with Crippen LogP contribution in [-0.2, 0) is 13.0 Å². The summed E-state index contributed by atoms with van der Waals surface area (Å²) in [6, 6.07) is 11.7. The molecule has 1 fully saturated rings. The maximum Gasteiger partial charge on any atom is 0.161 e. The van der Waals surface area contributed by atoms with E-state index < -0.39 is 0 Å². The standard InChI is InChI=1S/C20H24N2O2/c1-3-24-19-9-6-14(11-20(19)23-2)13-22-15-7-8-18(22)16-5-4-10-21-17(16)12-15/h4-6,9-11,15,18H,3,7-8,12-13H2,1-2H3/t15-,18-/m0/s1. The van der Waals surface area contributed by atoms with Crippen LogP contribution in [0.15, 0.2) is 36.5 Å². The predicted octanol–water partition coefficient (Wildman–Crippen LogP) is 3.75. The summed E-state index contributed by atoms with van der Waals surface area (Å²) in [5.41, 5.74) is 3.99. The maximum absolute atomic E-state index is 5.63. The molecule has 1 aromatic carbocycles. The van der Waals surface area contributed by atoms with Crippen LogP contribution in [0.4, 0.5) is 0 Å². The molecule has 3 heterocycles. The molecule has 0 radical (unpaired) electrons. The second-order valence-corrected chi connectivity index (χ2v) is 6.58. The van der Waals surface area contributed by atoms with Crippen LogP contribution >= 0.6 is 0 Å². The van der Waals surface area contributed by atoms with Gasteiger partial charge in [-0.2, -0.15) is 0 Å². The molecule has 0 N–H and O–H groups in total. The molecule has 0 spiro atoms. The first-order valence-electron chi connectivity index (χ1n) is 8.79. The minimum atomic E-state index is 0.505. The molecule has 2 bridgehead atoms. The van der Waals surface area contributed by atoms with Crippen molar-refractivity contribution in [2.24, 2.45) is 0 Å². The zero-order chi connectivity index (χ0) is 16.5. The fourth-order valence-electron chi connectivity index (χ4n) is 4.17. The number of aromatic nitrogens is 1. The van der Waals surface area contributed by atoms with E-state index in [-0.39, 0.29) is 0 Å². The topological polar surface area (TPSA) is 34.6 Å². The molecule has 0 saturated carbocycles.